The lowest BCUT2D eigenvalue weighted by molar-refractivity contribution is 0.0389. The van der Waals surface area contributed by atoms with Crippen LogP contribution >= 0.6 is 35.7 Å². The van der Waals surface area contributed by atoms with Crippen LogP contribution in [0.5, 0.6) is 0 Å². The van der Waals surface area contributed by atoms with Crippen molar-refractivity contribution in [2.24, 2.45) is 4.99 Å². The second-order valence-electron chi connectivity index (χ2n) is 6.67. The summed E-state index contributed by atoms with van der Waals surface area (Å²) in [6.07, 6.45) is 2.51. The first-order valence-electron chi connectivity index (χ1n) is 9.36. The number of nitrogens with zero attached hydrogens (tertiary/aromatic N) is 2. The third-order valence-corrected chi connectivity index (χ3v) is 6.06. The Morgan fingerprint density at radius 2 is 1.92 bits per heavy atom. The minimum absolute atomic E-state index is 0. The first-order chi connectivity index (χ1) is 12.3. The summed E-state index contributed by atoms with van der Waals surface area (Å²) in [5.74, 6) is 0.940. The summed E-state index contributed by atoms with van der Waals surface area (Å²) in [4.78, 5) is 8.64. The summed E-state index contributed by atoms with van der Waals surface area (Å²) >= 11 is 1.98. The number of nitrogens with one attached hydrogen (secondary N) is 2. The number of thioether (sulfide) groups is 1. The van der Waals surface area contributed by atoms with Crippen LogP contribution in [0.2, 0.25) is 0 Å². The van der Waals surface area contributed by atoms with Gasteiger partial charge in [-0.25, -0.2) is 0 Å². The third kappa shape index (κ3) is 7.25. The molecule has 0 atom stereocenters. The molecule has 2 aliphatic rings. The zero-order valence-corrected chi connectivity index (χ0v) is 18.7. The Morgan fingerprint density at radius 3 is 2.58 bits per heavy atom. The van der Waals surface area contributed by atoms with Gasteiger partial charge in [-0.3, -0.25) is 9.89 Å². The molecule has 0 radical (unpaired) electrons. The summed E-state index contributed by atoms with van der Waals surface area (Å²) in [5.41, 5.74) is 0. The number of benzene rings is 1. The lowest BCUT2D eigenvalue weighted by Gasteiger charge is -2.26. The van der Waals surface area contributed by atoms with Crippen LogP contribution < -0.4 is 10.6 Å². The van der Waals surface area contributed by atoms with Gasteiger partial charge in [0.2, 0.25) is 0 Å². The number of halogens is 1. The number of hydrogen-bond donors (Lipinski definition) is 2. The largest absolute Gasteiger partial charge is 0.379 e. The number of morpholine rings is 1. The Hall–Kier alpha value is -0.510. The average Bonchev–Trinajstić information content (AvgIpc) is 3.41. The van der Waals surface area contributed by atoms with Crippen molar-refractivity contribution in [2.75, 3.05) is 52.5 Å². The van der Waals surface area contributed by atoms with Crippen LogP contribution in [-0.2, 0) is 4.74 Å². The van der Waals surface area contributed by atoms with Crippen LogP contribution in [0, 0.1) is 0 Å². The highest BCUT2D eigenvalue weighted by molar-refractivity contribution is 14.0. The van der Waals surface area contributed by atoms with Gasteiger partial charge in [-0.05, 0) is 31.9 Å². The fourth-order valence-electron chi connectivity index (χ4n) is 2.89. The number of aliphatic imine (C=N–C) groups is 1. The molecule has 5 nitrogen and oxygen atoms in total. The molecule has 0 unspecified atom stereocenters. The van der Waals surface area contributed by atoms with E-state index in [1.165, 1.54) is 17.7 Å². The van der Waals surface area contributed by atoms with Gasteiger partial charge < -0.3 is 15.4 Å². The molecule has 1 heterocycles. The van der Waals surface area contributed by atoms with Crippen LogP contribution in [0.4, 0.5) is 0 Å². The second kappa shape index (κ2) is 11.4. The van der Waals surface area contributed by atoms with Crippen LogP contribution in [0.1, 0.15) is 19.8 Å². The normalized spacial score (nSPS) is 19.5. The van der Waals surface area contributed by atoms with Gasteiger partial charge in [-0.15, -0.1) is 35.7 Å². The molecule has 0 amide bonds. The maximum absolute atomic E-state index is 5.40. The monoisotopic (exact) mass is 490 g/mol. The Labute approximate surface area is 178 Å². The number of ether oxygens (including phenoxy) is 1. The van der Waals surface area contributed by atoms with Gasteiger partial charge in [0.25, 0.3) is 0 Å². The molecule has 1 saturated carbocycles. The first kappa shape index (κ1) is 21.8. The van der Waals surface area contributed by atoms with Crippen LogP contribution in [0.3, 0.4) is 0 Å². The molecular weight excluding hydrogens is 459 g/mol. The summed E-state index contributed by atoms with van der Waals surface area (Å²) in [5, 5.41) is 6.85. The molecule has 1 aromatic rings. The molecule has 1 saturated heterocycles. The van der Waals surface area contributed by atoms with Crippen molar-refractivity contribution < 1.29 is 4.74 Å². The summed E-state index contributed by atoms with van der Waals surface area (Å²) in [7, 11) is 0. The maximum atomic E-state index is 5.40. The molecule has 2 N–H and O–H groups in total. The number of rotatable bonds is 8. The summed E-state index contributed by atoms with van der Waals surface area (Å²) < 4.78 is 5.70. The molecule has 146 valence electrons. The standard InChI is InChI=1S/C19H30N4OS.HI/c1-2-20-18(21-10-11-23-12-14-24-15-13-23)22-16-19(8-9-19)25-17-6-4-3-5-7-17;/h3-7H,2,8-16H2,1H3,(H2,20,21,22);1H. The number of guanidine groups is 1. The van der Waals surface area contributed by atoms with Crippen LogP contribution in [0.15, 0.2) is 40.2 Å². The molecule has 2 fully saturated rings. The van der Waals surface area contributed by atoms with Gasteiger partial charge in [-0.2, -0.15) is 0 Å². The third-order valence-electron chi connectivity index (χ3n) is 4.58. The minimum atomic E-state index is 0. The molecule has 3 rings (SSSR count). The average molecular weight is 490 g/mol. The highest BCUT2D eigenvalue weighted by Gasteiger charge is 2.43. The molecule has 7 heteroatoms. The van der Waals surface area contributed by atoms with E-state index in [2.05, 4.69) is 52.8 Å². The molecule has 0 aromatic heterocycles. The van der Waals surface area contributed by atoms with Crippen molar-refractivity contribution in [3.05, 3.63) is 30.3 Å². The summed E-state index contributed by atoms with van der Waals surface area (Å²) in [6, 6.07) is 10.7. The molecule has 1 aromatic carbocycles. The van der Waals surface area contributed by atoms with Crippen molar-refractivity contribution in [1.29, 1.82) is 0 Å². The molecule has 0 bridgehead atoms. The fraction of sp³-hybridized carbons (Fsp3) is 0.632. The van der Waals surface area contributed by atoms with Gasteiger partial charge in [-0.1, -0.05) is 18.2 Å². The first-order valence-corrected chi connectivity index (χ1v) is 10.2. The molecule has 1 aliphatic heterocycles. The maximum Gasteiger partial charge on any atom is 0.191 e. The number of hydrogen-bond acceptors (Lipinski definition) is 4. The van der Waals surface area contributed by atoms with Crippen molar-refractivity contribution in [1.82, 2.24) is 15.5 Å². The Kier molecular flexibility index (Phi) is 9.52. The Morgan fingerprint density at radius 1 is 1.19 bits per heavy atom. The highest BCUT2D eigenvalue weighted by Crippen LogP contribution is 2.51. The van der Waals surface area contributed by atoms with Gasteiger partial charge in [0.1, 0.15) is 0 Å². The van der Waals surface area contributed by atoms with E-state index in [4.69, 9.17) is 9.73 Å². The Bertz CT molecular complexity index is 548. The van der Waals surface area contributed by atoms with E-state index in [-0.39, 0.29) is 24.0 Å². The van der Waals surface area contributed by atoms with E-state index < -0.39 is 0 Å². The van der Waals surface area contributed by atoms with Crippen LogP contribution in [-0.4, -0.2) is 68.1 Å². The molecule has 26 heavy (non-hydrogen) atoms. The van der Waals surface area contributed by atoms with Crippen molar-refractivity contribution in [3.8, 4) is 0 Å². The van der Waals surface area contributed by atoms with E-state index in [9.17, 15) is 0 Å². The SMILES string of the molecule is CCNC(=NCC1(Sc2ccccc2)CC1)NCCN1CCOCC1.I. The molecular formula is C19H31IN4OS. The van der Waals surface area contributed by atoms with Gasteiger partial charge in [0.05, 0.1) is 19.8 Å². The van der Waals surface area contributed by atoms with E-state index in [0.29, 0.717) is 4.75 Å². The van der Waals surface area contributed by atoms with E-state index >= 15 is 0 Å². The van der Waals surface area contributed by atoms with Crippen LogP contribution in [0.25, 0.3) is 0 Å². The topological polar surface area (TPSA) is 48.9 Å². The minimum Gasteiger partial charge on any atom is -0.379 e. The molecule has 0 spiro atoms. The predicted octanol–water partition coefficient (Wildman–Crippen LogP) is 2.82. The highest BCUT2D eigenvalue weighted by atomic mass is 127. The molecule has 1 aliphatic carbocycles. The van der Waals surface area contributed by atoms with Gasteiger partial charge in [0.15, 0.2) is 5.96 Å². The predicted molar refractivity (Wildman–Crippen MR) is 121 cm³/mol. The van der Waals surface area contributed by atoms with E-state index in [0.717, 1.165) is 58.4 Å². The van der Waals surface area contributed by atoms with Gasteiger partial charge in [0, 0.05) is 42.4 Å². The Balaban J connectivity index is 0.00000243. The van der Waals surface area contributed by atoms with Crippen molar-refractivity contribution in [2.45, 2.75) is 29.4 Å². The fourth-order valence-corrected chi connectivity index (χ4v) is 4.12. The zero-order chi connectivity index (χ0) is 17.4. The van der Waals surface area contributed by atoms with Gasteiger partial charge >= 0.3 is 0 Å². The lowest BCUT2D eigenvalue weighted by atomic mass is 10.4. The van der Waals surface area contributed by atoms with Crippen molar-refractivity contribution in [3.63, 3.8) is 0 Å². The van der Waals surface area contributed by atoms with Crippen molar-refractivity contribution >= 4 is 41.7 Å². The smallest absolute Gasteiger partial charge is 0.191 e. The quantitative estimate of drug-likeness (QED) is 0.334. The van der Waals surface area contributed by atoms with E-state index in [1.807, 2.05) is 11.8 Å². The van der Waals surface area contributed by atoms with E-state index in [1.54, 1.807) is 0 Å². The lowest BCUT2D eigenvalue weighted by Crippen LogP contribution is -2.44. The summed E-state index contributed by atoms with van der Waals surface area (Å²) in [6.45, 7) is 9.62. The zero-order valence-electron chi connectivity index (χ0n) is 15.6. The second-order valence-corrected chi connectivity index (χ2v) is 8.22.